The molecule has 2 unspecified atom stereocenters. The number of carbonyl (C=O) groups is 1. The molecule has 11 heteroatoms. The summed E-state index contributed by atoms with van der Waals surface area (Å²) in [7, 11) is 0. The fourth-order valence-electron chi connectivity index (χ4n) is 3.76. The zero-order valence-corrected chi connectivity index (χ0v) is 18.7. The lowest BCUT2D eigenvalue weighted by molar-refractivity contribution is -0.384. The number of nitrogens with one attached hydrogen (secondary N) is 1. The van der Waals surface area contributed by atoms with Crippen molar-refractivity contribution in [2.45, 2.75) is 24.2 Å². The Labute approximate surface area is 190 Å². The zero-order chi connectivity index (χ0) is 22.7. The van der Waals surface area contributed by atoms with Gasteiger partial charge in [-0.05, 0) is 43.0 Å². The Morgan fingerprint density at radius 1 is 1.31 bits per heavy atom. The van der Waals surface area contributed by atoms with E-state index in [0.717, 1.165) is 40.3 Å². The number of anilines is 1. The largest absolute Gasteiger partial charge is 0.355 e. The Kier molecular flexibility index (Phi) is 6.77. The van der Waals surface area contributed by atoms with Crippen LogP contribution in [0, 0.1) is 16.0 Å². The van der Waals surface area contributed by atoms with Gasteiger partial charge in [0.15, 0.2) is 16.2 Å². The van der Waals surface area contributed by atoms with Gasteiger partial charge < -0.3 is 14.8 Å². The minimum Gasteiger partial charge on any atom is -0.355 e. The number of non-ortho nitro benzene ring substituents is 1. The first kappa shape index (κ1) is 22.3. The number of thiazole rings is 1. The van der Waals surface area contributed by atoms with Crippen LogP contribution in [0.2, 0.25) is 0 Å². The van der Waals surface area contributed by atoms with E-state index in [4.69, 9.17) is 4.55 Å². The van der Waals surface area contributed by atoms with Crippen LogP contribution < -0.4 is 10.2 Å². The van der Waals surface area contributed by atoms with Gasteiger partial charge in [-0.3, -0.25) is 14.9 Å². The number of nitro groups is 1. The molecule has 1 amide bonds. The average Bonchev–Trinajstić information content (AvgIpc) is 3.23. The molecule has 0 aliphatic carbocycles. The summed E-state index contributed by atoms with van der Waals surface area (Å²) in [6.45, 7) is 1.84. The summed E-state index contributed by atoms with van der Waals surface area (Å²) in [5.41, 5.74) is 1.74. The van der Waals surface area contributed by atoms with Gasteiger partial charge in [0, 0.05) is 31.8 Å². The summed E-state index contributed by atoms with van der Waals surface area (Å²) >= 11 is -0.584. The van der Waals surface area contributed by atoms with Crippen molar-refractivity contribution in [2.75, 3.05) is 24.5 Å². The fraction of sp³-hybridized carbons (Fsp3) is 0.333. The summed E-state index contributed by atoms with van der Waals surface area (Å²) in [4.78, 5) is 30.3. The van der Waals surface area contributed by atoms with Crippen molar-refractivity contribution in [2.24, 2.45) is 5.92 Å². The molecule has 3 aromatic rings. The smallest absolute Gasteiger partial charge is 0.270 e. The van der Waals surface area contributed by atoms with E-state index in [0.29, 0.717) is 24.4 Å². The second-order valence-electron chi connectivity index (χ2n) is 7.62. The summed E-state index contributed by atoms with van der Waals surface area (Å²) in [6.07, 6.45) is 2.31. The summed E-state index contributed by atoms with van der Waals surface area (Å²) in [5.74, 6) is -0.149. The highest BCUT2D eigenvalue weighted by Crippen LogP contribution is 2.33. The van der Waals surface area contributed by atoms with Gasteiger partial charge in [-0.25, -0.2) is 9.19 Å². The molecular weight excluding hydrogens is 452 g/mol. The number of hydrogen-bond donors (Lipinski definition) is 2. The quantitative estimate of drug-likeness (QED) is 0.305. The highest BCUT2D eigenvalue weighted by Gasteiger charge is 2.27. The number of carbonyl (C=O) groups excluding carboxylic acids is 1. The van der Waals surface area contributed by atoms with Gasteiger partial charge >= 0.3 is 0 Å². The van der Waals surface area contributed by atoms with E-state index in [1.54, 1.807) is 30.3 Å². The maximum Gasteiger partial charge on any atom is 0.270 e. The number of hydrogen-bond acceptors (Lipinski definition) is 7. The maximum atomic E-state index is 12.7. The Morgan fingerprint density at radius 2 is 2.09 bits per heavy atom. The van der Waals surface area contributed by atoms with E-state index in [9.17, 15) is 19.1 Å². The summed E-state index contributed by atoms with van der Waals surface area (Å²) in [5, 5.41) is 14.8. The Balaban J connectivity index is 1.34. The monoisotopic (exact) mass is 474 g/mol. The molecule has 1 fully saturated rings. The van der Waals surface area contributed by atoms with Gasteiger partial charge in [0.25, 0.3) is 5.69 Å². The van der Waals surface area contributed by atoms with Crippen LogP contribution in [0.3, 0.4) is 0 Å². The lowest BCUT2D eigenvalue weighted by Gasteiger charge is -2.31. The number of nitro benzene ring substituents is 1. The molecule has 0 saturated carbocycles. The van der Waals surface area contributed by atoms with E-state index in [-0.39, 0.29) is 17.5 Å². The third-order valence-electron chi connectivity index (χ3n) is 5.47. The summed E-state index contributed by atoms with van der Waals surface area (Å²) in [6, 6.07) is 11.4. The van der Waals surface area contributed by atoms with Crippen LogP contribution in [0.5, 0.6) is 0 Å². The second-order valence-corrected chi connectivity index (χ2v) is 9.60. The normalized spacial score (nSPS) is 17.3. The standard InChI is InChI=1S/C21H22N4O5S2/c26-20(22-10-9-14-3-6-17(7-4-14)32(29)30)15-2-1-11-24(13-15)21-23-18-8-5-16(25(27)28)12-19(18)31-21/h3-8,12,15H,1-2,9-11,13H2,(H,22,26)(H,29,30). The van der Waals surface area contributed by atoms with Gasteiger partial charge in [-0.1, -0.05) is 23.5 Å². The number of amides is 1. The summed E-state index contributed by atoms with van der Waals surface area (Å²) < 4.78 is 20.9. The van der Waals surface area contributed by atoms with Crippen molar-refractivity contribution >= 4 is 49.4 Å². The zero-order valence-electron chi connectivity index (χ0n) is 17.1. The first-order chi connectivity index (χ1) is 15.4. The van der Waals surface area contributed by atoms with Crippen molar-refractivity contribution in [3.63, 3.8) is 0 Å². The van der Waals surface area contributed by atoms with Crippen LogP contribution in [0.1, 0.15) is 18.4 Å². The molecule has 0 bridgehead atoms. The molecule has 9 nitrogen and oxygen atoms in total. The molecule has 1 aliphatic rings. The Hall–Kier alpha value is -2.89. The molecule has 168 valence electrons. The molecule has 2 heterocycles. The van der Waals surface area contributed by atoms with Crippen molar-refractivity contribution in [1.29, 1.82) is 0 Å². The minimum atomic E-state index is -1.99. The first-order valence-corrected chi connectivity index (χ1v) is 12.1. The lowest BCUT2D eigenvalue weighted by Crippen LogP contribution is -2.43. The average molecular weight is 475 g/mol. The molecule has 1 aromatic heterocycles. The SMILES string of the molecule is O=C(NCCc1ccc(S(=O)O)cc1)C1CCCN(c2nc3ccc([N+](=O)[O-])cc3s2)C1. The van der Waals surface area contributed by atoms with Crippen LogP contribution in [0.25, 0.3) is 10.2 Å². The maximum absolute atomic E-state index is 12.7. The number of rotatable bonds is 7. The topological polar surface area (TPSA) is 126 Å². The number of nitrogens with zero attached hydrogens (tertiary/aromatic N) is 3. The van der Waals surface area contributed by atoms with Crippen molar-refractivity contribution in [3.8, 4) is 0 Å². The first-order valence-electron chi connectivity index (χ1n) is 10.2. The molecule has 2 aromatic carbocycles. The predicted molar refractivity (Wildman–Crippen MR) is 123 cm³/mol. The van der Waals surface area contributed by atoms with Crippen molar-refractivity contribution in [1.82, 2.24) is 10.3 Å². The minimum absolute atomic E-state index is 0.000434. The van der Waals surface area contributed by atoms with Gasteiger partial charge in [0.2, 0.25) is 5.91 Å². The molecule has 0 radical (unpaired) electrons. The van der Waals surface area contributed by atoms with Gasteiger partial charge in [0.1, 0.15) is 0 Å². The van der Waals surface area contributed by atoms with Crippen LogP contribution in [0.15, 0.2) is 47.4 Å². The highest BCUT2D eigenvalue weighted by molar-refractivity contribution is 7.79. The van der Waals surface area contributed by atoms with Gasteiger partial charge in [-0.2, -0.15) is 0 Å². The molecule has 1 aliphatic heterocycles. The van der Waals surface area contributed by atoms with Crippen LogP contribution in [0.4, 0.5) is 10.8 Å². The molecule has 0 spiro atoms. The lowest BCUT2D eigenvalue weighted by atomic mass is 9.97. The highest BCUT2D eigenvalue weighted by atomic mass is 32.2. The van der Waals surface area contributed by atoms with Crippen LogP contribution >= 0.6 is 11.3 Å². The van der Waals surface area contributed by atoms with Gasteiger partial charge in [0.05, 0.1) is 26.0 Å². The van der Waals surface area contributed by atoms with Crippen molar-refractivity contribution in [3.05, 3.63) is 58.1 Å². The number of aromatic nitrogens is 1. The molecule has 2 N–H and O–H groups in total. The third kappa shape index (κ3) is 5.12. The van der Waals surface area contributed by atoms with E-state index >= 15 is 0 Å². The van der Waals surface area contributed by atoms with E-state index in [1.807, 2.05) is 0 Å². The molecule has 4 rings (SSSR count). The molecular formula is C21H22N4O5S2. The number of piperidine rings is 1. The molecule has 1 saturated heterocycles. The van der Waals surface area contributed by atoms with Crippen molar-refractivity contribution < 1.29 is 18.5 Å². The molecule has 2 atom stereocenters. The van der Waals surface area contributed by atoms with Crippen LogP contribution in [-0.2, 0) is 22.3 Å². The van der Waals surface area contributed by atoms with E-state index < -0.39 is 16.0 Å². The second kappa shape index (κ2) is 9.72. The van der Waals surface area contributed by atoms with E-state index in [2.05, 4.69) is 15.2 Å². The van der Waals surface area contributed by atoms with Gasteiger partial charge in [-0.15, -0.1) is 0 Å². The predicted octanol–water partition coefficient (Wildman–Crippen LogP) is 3.36. The number of benzene rings is 2. The molecule has 32 heavy (non-hydrogen) atoms. The Bertz CT molecular complexity index is 1160. The third-order valence-corrected chi connectivity index (χ3v) is 7.23. The van der Waals surface area contributed by atoms with E-state index in [1.165, 1.54) is 23.5 Å². The Morgan fingerprint density at radius 3 is 2.81 bits per heavy atom. The number of fused-ring (bicyclic) bond motifs is 1. The fourth-order valence-corrected chi connectivity index (χ4v) is 5.16. The van der Waals surface area contributed by atoms with Crippen LogP contribution in [-0.4, -0.2) is 44.2 Å².